The largest absolute Gasteiger partial charge is 0.466 e. The zero-order chi connectivity index (χ0) is 16.7. The second kappa shape index (κ2) is 6.00. The van der Waals surface area contributed by atoms with E-state index in [9.17, 15) is 4.79 Å². The summed E-state index contributed by atoms with van der Waals surface area (Å²) in [6.07, 6.45) is 19.0. The minimum atomic E-state index is -0.282. The first-order chi connectivity index (χ1) is 11.7. The Labute approximate surface area is 142 Å². The molecule has 0 spiro atoms. The summed E-state index contributed by atoms with van der Waals surface area (Å²) >= 11 is 0. The molecule has 0 radical (unpaired) electrons. The van der Waals surface area contributed by atoms with E-state index < -0.39 is 0 Å². The zero-order valence-corrected chi connectivity index (χ0v) is 13.9. The highest BCUT2D eigenvalue weighted by atomic mass is 16.5. The van der Waals surface area contributed by atoms with Crippen LogP contribution in [0.1, 0.15) is 6.92 Å². The molecule has 0 aromatic carbocycles. The minimum Gasteiger partial charge on any atom is -0.466 e. The molecule has 1 heterocycles. The maximum atomic E-state index is 12.0. The molecule has 4 aliphatic rings. The highest BCUT2D eigenvalue weighted by Gasteiger charge is 2.50. The lowest BCUT2D eigenvalue weighted by Gasteiger charge is -2.31. The second-order valence-corrected chi connectivity index (χ2v) is 6.95. The molecule has 0 saturated heterocycles. The Morgan fingerprint density at radius 3 is 2.33 bits per heavy atom. The Hall–Kier alpha value is -2.23. The normalized spacial score (nSPS) is 43.2. The lowest BCUT2D eigenvalue weighted by molar-refractivity contribution is -0.134. The predicted octanol–water partition coefficient (Wildman–Crippen LogP) is 3.66. The van der Waals surface area contributed by atoms with Crippen molar-refractivity contribution in [1.82, 2.24) is 0 Å². The summed E-state index contributed by atoms with van der Waals surface area (Å²) in [4.78, 5) is 12.0. The average Bonchev–Trinajstić information content (AvgIpc) is 2.95. The van der Waals surface area contributed by atoms with Crippen molar-refractivity contribution in [2.75, 3.05) is 7.11 Å². The van der Waals surface area contributed by atoms with Crippen LogP contribution in [-0.4, -0.2) is 25.2 Å². The number of allylic oxidation sites excluding steroid dienone is 8. The van der Waals surface area contributed by atoms with Crippen LogP contribution in [-0.2, 0) is 9.53 Å². The van der Waals surface area contributed by atoms with Crippen LogP contribution in [0.3, 0.4) is 0 Å². The molecular formula is C20H22N2O2. The van der Waals surface area contributed by atoms with Gasteiger partial charge >= 0.3 is 5.97 Å². The molecule has 4 heteroatoms. The van der Waals surface area contributed by atoms with Crippen LogP contribution in [0.15, 0.2) is 70.5 Å². The molecule has 1 fully saturated rings. The van der Waals surface area contributed by atoms with Crippen molar-refractivity contribution < 1.29 is 9.53 Å². The van der Waals surface area contributed by atoms with Crippen molar-refractivity contribution in [3.8, 4) is 0 Å². The van der Waals surface area contributed by atoms with E-state index >= 15 is 0 Å². The van der Waals surface area contributed by atoms with Gasteiger partial charge in [-0.3, -0.25) is 0 Å². The predicted molar refractivity (Wildman–Crippen MR) is 92.2 cm³/mol. The fourth-order valence-corrected chi connectivity index (χ4v) is 4.72. The molecule has 124 valence electrons. The van der Waals surface area contributed by atoms with Crippen molar-refractivity contribution >= 4 is 5.97 Å². The van der Waals surface area contributed by atoms with E-state index in [-0.39, 0.29) is 35.8 Å². The number of esters is 1. The SMILES string of the molecule is COC(=O)C=C1C2C=CC=CC2[C@H]2C(C)N=N[C@H]2C2C=CC=CC12. The molecule has 24 heavy (non-hydrogen) atoms. The summed E-state index contributed by atoms with van der Waals surface area (Å²) in [7, 11) is 1.43. The van der Waals surface area contributed by atoms with E-state index in [2.05, 4.69) is 65.8 Å². The van der Waals surface area contributed by atoms with Crippen LogP contribution in [0.2, 0.25) is 0 Å². The van der Waals surface area contributed by atoms with Gasteiger partial charge in [0.1, 0.15) is 0 Å². The van der Waals surface area contributed by atoms with Crippen LogP contribution in [0.25, 0.3) is 0 Å². The highest BCUT2D eigenvalue weighted by Crippen LogP contribution is 2.51. The van der Waals surface area contributed by atoms with Gasteiger partial charge in [0, 0.05) is 29.7 Å². The smallest absolute Gasteiger partial charge is 0.330 e. The van der Waals surface area contributed by atoms with Gasteiger partial charge in [-0.1, -0.05) is 48.6 Å². The van der Waals surface area contributed by atoms with Gasteiger partial charge in [-0.2, -0.15) is 10.2 Å². The summed E-state index contributed by atoms with van der Waals surface area (Å²) in [5.74, 6) is 1.000. The van der Waals surface area contributed by atoms with Gasteiger partial charge in [-0.05, 0) is 18.4 Å². The number of rotatable bonds is 1. The van der Waals surface area contributed by atoms with E-state index in [0.29, 0.717) is 11.8 Å². The summed E-state index contributed by atoms with van der Waals surface area (Å²) < 4.78 is 4.93. The highest BCUT2D eigenvalue weighted by molar-refractivity contribution is 5.83. The topological polar surface area (TPSA) is 51.0 Å². The summed E-state index contributed by atoms with van der Waals surface area (Å²) in [5.41, 5.74) is 1.13. The third-order valence-corrected chi connectivity index (χ3v) is 5.78. The number of carbonyl (C=O) groups is 1. The second-order valence-electron chi connectivity index (χ2n) is 6.95. The van der Waals surface area contributed by atoms with Crippen molar-refractivity contribution in [3.63, 3.8) is 0 Å². The van der Waals surface area contributed by atoms with Crippen molar-refractivity contribution in [1.29, 1.82) is 0 Å². The van der Waals surface area contributed by atoms with Gasteiger partial charge < -0.3 is 4.74 Å². The third-order valence-electron chi connectivity index (χ3n) is 5.78. The number of fused-ring (bicyclic) bond motifs is 5. The van der Waals surface area contributed by atoms with Crippen molar-refractivity contribution in [2.45, 2.75) is 19.0 Å². The van der Waals surface area contributed by atoms with Crippen molar-refractivity contribution in [2.24, 2.45) is 39.8 Å². The molecule has 7 atom stereocenters. The number of ether oxygens (including phenoxy) is 1. The maximum Gasteiger partial charge on any atom is 0.330 e. The molecule has 4 nitrogen and oxygen atoms in total. The molecule has 0 N–H and O–H groups in total. The van der Waals surface area contributed by atoms with Gasteiger partial charge in [-0.15, -0.1) is 0 Å². The van der Waals surface area contributed by atoms with E-state index in [1.807, 2.05) is 0 Å². The zero-order valence-electron chi connectivity index (χ0n) is 13.9. The molecule has 1 aliphatic heterocycles. The first kappa shape index (κ1) is 15.3. The van der Waals surface area contributed by atoms with Crippen LogP contribution in [0, 0.1) is 29.6 Å². The lowest BCUT2D eigenvalue weighted by Crippen LogP contribution is -2.35. The molecule has 5 unspecified atom stereocenters. The van der Waals surface area contributed by atoms with Crippen LogP contribution in [0.5, 0.6) is 0 Å². The van der Waals surface area contributed by atoms with Gasteiger partial charge in [0.25, 0.3) is 0 Å². The van der Waals surface area contributed by atoms with Crippen LogP contribution < -0.4 is 0 Å². The first-order valence-corrected chi connectivity index (χ1v) is 8.60. The molecule has 0 amide bonds. The Morgan fingerprint density at radius 2 is 1.62 bits per heavy atom. The molecule has 0 aromatic rings. The van der Waals surface area contributed by atoms with Gasteiger partial charge in [0.15, 0.2) is 0 Å². The third kappa shape index (κ3) is 2.32. The Kier molecular flexibility index (Phi) is 3.83. The van der Waals surface area contributed by atoms with Gasteiger partial charge in [0.05, 0.1) is 19.2 Å². The fraction of sp³-hybridized carbons (Fsp3) is 0.450. The molecule has 3 aliphatic carbocycles. The number of azo groups is 1. The van der Waals surface area contributed by atoms with E-state index in [4.69, 9.17) is 4.74 Å². The monoisotopic (exact) mass is 322 g/mol. The fourth-order valence-electron chi connectivity index (χ4n) is 4.72. The number of carbonyl (C=O) groups excluding carboxylic acids is 1. The molecule has 0 aromatic heterocycles. The molecule has 0 bridgehead atoms. The number of methoxy groups -OCH3 is 1. The number of nitrogens with zero attached hydrogens (tertiary/aromatic N) is 2. The Morgan fingerprint density at radius 1 is 1.00 bits per heavy atom. The number of hydrogen-bond donors (Lipinski definition) is 0. The maximum absolute atomic E-state index is 12.0. The van der Waals surface area contributed by atoms with Gasteiger partial charge in [-0.25, -0.2) is 4.79 Å². The minimum absolute atomic E-state index is 0.164. The van der Waals surface area contributed by atoms with Crippen LogP contribution in [0.4, 0.5) is 0 Å². The summed E-state index contributed by atoms with van der Waals surface area (Å²) in [5, 5.41) is 9.15. The Balaban J connectivity index is 1.86. The summed E-state index contributed by atoms with van der Waals surface area (Å²) in [6, 6.07) is 0.370. The van der Waals surface area contributed by atoms with E-state index in [1.165, 1.54) is 7.11 Å². The molecule has 1 saturated carbocycles. The molecule has 4 rings (SSSR count). The quantitative estimate of drug-likeness (QED) is 0.546. The van der Waals surface area contributed by atoms with E-state index in [0.717, 1.165) is 5.57 Å². The molecular weight excluding hydrogens is 300 g/mol. The first-order valence-electron chi connectivity index (χ1n) is 8.60. The summed E-state index contributed by atoms with van der Waals surface area (Å²) in [6.45, 7) is 2.16. The van der Waals surface area contributed by atoms with Crippen molar-refractivity contribution in [3.05, 3.63) is 60.3 Å². The van der Waals surface area contributed by atoms with E-state index in [1.54, 1.807) is 6.08 Å². The van der Waals surface area contributed by atoms with Crippen LogP contribution >= 0.6 is 0 Å². The lowest BCUT2D eigenvalue weighted by atomic mass is 9.72. The van der Waals surface area contributed by atoms with Gasteiger partial charge in [0.2, 0.25) is 0 Å². The Bertz CT molecular complexity index is 713. The number of hydrogen-bond acceptors (Lipinski definition) is 4. The average molecular weight is 322 g/mol. The standard InChI is InChI=1S/C20H22N2O2/c1-12-19-15-9-5-3-7-13(15)17(11-18(23)24-2)14-8-4-6-10-16(14)20(19)22-21-12/h3-16,19-20H,1-2H3/t12?,13?,14?,15?,16?,19-,20+/m1/s1.